The summed E-state index contributed by atoms with van der Waals surface area (Å²) in [5.74, 6) is -4.10. The number of hydrogen-bond donors (Lipinski definition) is 3. The molecule has 0 aliphatic carbocycles. The van der Waals surface area contributed by atoms with Crippen LogP contribution in [0.1, 0.15) is 27.5 Å². The van der Waals surface area contributed by atoms with Crippen molar-refractivity contribution in [2.75, 3.05) is 6.54 Å². The SMILES string of the molecule is NS(=O)(=O)c1c(C(c2ccccc2)C(F)(F)F)ccnc1C(=O)NCC(O)C(F)(F)F. The molecule has 0 spiro atoms. The van der Waals surface area contributed by atoms with Gasteiger partial charge in [-0.1, -0.05) is 30.3 Å². The Balaban J connectivity index is 2.62. The number of alkyl halides is 6. The average molecular weight is 471 g/mol. The van der Waals surface area contributed by atoms with Gasteiger partial charge in [0.2, 0.25) is 10.0 Å². The molecule has 0 bridgehead atoms. The monoisotopic (exact) mass is 471 g/mol. The minimum atomic E-state index is -5.10. The molecule has 1 heterocycles. The third kappa shape index (κ3) is 5.92. The molecule has 2 rings (SSSR count). The van der Waals surface area contributed by atoms with Crippen molar-refractivity contribution in [3.05, 3.63) is 59.4 Å². The highest BCUT2D eigenvalue weighted by Crippen LogP contribution is 2.42. The van der Waals surface area contributed by atoms with Crippen molar-refractivity contribution in [1.29, 1.82) is 0 Å². The third-order valence-corrected chi connectivity index (χ3v) is 5.04. The van der Waals surface area contributed by atoms with E-state index < -0.39 is 63.0 Å². The van der Waals surface area contributed by atoms with Gasteiger partial charge in [-0.25, -0.2) is 18.5 Å². The molecule has 2 unspecified atom stereocenters. The molecule has 14 heteroatoms. The number of pyridine rings is 1. The minimum absolute atomic E-state index is 0.370. The van der Waals surface area contributed by atoms with Crippen LogP contribution < -0.4 is 10.5 Å². The molecule has 2 aromatic rings. The van der Waals surface area contributed by atoms with Gasteiger partial charge >= 0.3 is 12.4 Å². The Morgan fingerprint density at radius 2 is 1.65 bits per heavy atom. The van der Waals surface area contributed by atoms with E-state index in [0.717, 1.165) is 12.1 Å². The van der Waals surface area contributed by atoms with Crippen molar-refractivity contribution in [3.63, 3.8) is 0 Å². The Hall–Kier alpha value is -2.71. The summed E-state index contributed by atoms with van der Waals surface area (Å²) in [4.78, 5) is 14.4. The lowest BCUT2D eigenvalue weighted by molar-refractivity contribution is -0.201. The number of carbonyl (C=O) groups excluding carboxylic acids is 1. The summed E-state index contributed by atoms with van der Waals surface area (Å²) >= 11 is 0. The molecule has 0 aliphatic heterocycles. The van der Waals surface area contributed by atoms with E-state index in [9.17, 15) is 39.6 Å². The van der Waals surface area contributed by atoms with Crippen LogP contribution >= 0.6 is 0 Å². The van der Waals surface area contributed by atoms with Crippen molar-refractivity contribution in [2.24, 2.45) is 5.14 Å². The Kier molecular flexibility index (Phi) is 6.97. The number of hydrogen-bond acceptors (Lipinski definition) is 5. The number of nitrogens with two attached hydrogens (primary N) is 1. The third-order valence-electron chi connectivity index (χ3n) is 4.04. The highest BCUT2D eigenvalue weighted by Gasteiger charge is 2.45. The van der Waals surface area contributed by atoms with E-state index in [0.29, 0.717) is 12.3 Å². The van der Waals surface area contributed by atoms with Crippen LogP contribution in [0.5, 0.6) is 0 Å². The van der Waals surface area contributed by atoms with Crippen LogP contribution in [0.15, 0.2) is 47.5 Å². The molecule has 1 aromatic heterocycles. The number of aromatic nitrogens is 1. The Bertz CT molecular complexity index is 1040. The number of carbonyl (C=O) groups is 1. The first kappa shape index (κ1) is 24.6. The number of benzene rings is 1. The average Bonchev–Trinajstić information content (AvgIpc) is 2.63. The predicted octanol–water partition coefficient (Wildman–Crippen LogP) is 2.08. The quantitative estimate of drug-likeness (QED) is 0.557. The van der Waals surface area contributed by atoms with Gasteiger partial charge < -0.3 is 10.4 Å². The van der Waals surface area contributed by atoms with Gasteiger partial charge in [-0.15, -0.1) is 0 Å². The van der Waals surface area contributed by atoms with Crippen molar-refractivity contribution in [3.8, 4) is 0 Å². The topological polar surface area (TPSA) is 122 Å². The Morgan fingerprint density at radius 3 is 2.13 bits per heavy atom. The maximum Gasteiger partial charge on any atom is 0.416 e. The molecule has 7 nitrogen and oxygen atoms in total. The van der Waals surface area contributed by atoms with E-state index in [2.05, 4.69) is 4.98 Å². The second-order valence-corrected chi connectivity index (χ2v) is 7.77. The second kappa shape index (κ2) is 8.80. The van der Waals surface area contributed by atoms with Gasteiger partial charge in [0, 0.05) is 6.20 Å². The first-order chi connectivity index (χ1) is 14.1. The van der Waals surface area contributed by atoms with E-state index >= 15 is 0 Å². The first-order valence-electron chi connectivity index (χ1n) is 8.30. The van der Waals surface area contributed by atoms with Gasteiger partial charge in [0.1, 0.15) is 16.5 Å². The van der Waals surface area contributed by atoms with Crippen LogP contribution in [0.4, 0.5) is 26.3 Å². The van der Waals surface area contributed by atoms with Gasteiger partial charge in [-0.05, 0) is 17.2 Å². The summed E-state index contributed by atoms with van der Waals surface area (Å²) in [5, 5.41) is 15.6. The zero-order valence-electron chi connectivity index (χ0n) is 15.3. The number of sulfonamides is 1. The van der Waals surface area contributed by atoms with Crippen molar-refractivity contribution < 1.29 is 44.7 Å². The molecule has 1 aromatic carbocycles. The first-order valence-corrected chi connectivity index (χ1v) is 9.85. The molecule has 2 atom stereocenters. The number of aliphatic hydroxyl groups excluding tert-OH is 1. The fourth-order valence-electron chi connectivity index (χ4n) is 2.73. The van der Waals surface area contributed by atoms with Crippen molar-refractivity contribution in [2.45, 2.75) is 29.3 Å². The smallest absolute Gasteiger partial charge is 0.382 e. The fourth-order valence-corrected chi connectivity index (χ4v) is 3.66. The highest BCUT2D eigenvalue weighted by molar-refractivity contribution is 7.89. The van der Waals surface area contributed by atoms with E-state index in [1.54, 1.807) is 5.32 Å². The lowest BCUT2D eigenvalue weighted by atomic mass is 9.90. The van der Waals surface area contributed by atoms with Gasteiger partial charge in [-0.2, -0.15) is 26.3 Å². The number of primary sulfonamides is 1. The summed E-state index contributed by atoms with van der Waals surface area (Å²) in [5.41, 5.74) is -2.44. The number of halogens is 6. The molecular weight excluding hydrogens is 456 g/mol. The fraction of sp³-hybridized carbons (Fsp3) is 0.294. The molecule has 170 valence electrons. The Labute approximate surface area is 171 Å². The van der Waals surface area contributed by atoms with Gasteiger partial charge in [0.15, 0.2) is 6.10 Å². The zero-order valence-corrected chi connectivity index (χ0v) is 16.1. The maximum absolute atomic E-state index is 13.9. The molecular formula is C17H15F6N3O4S. The lowest BCUT2D eigenvalue weighted by Gasteiger charge is -2.24. The number of amides is 1. The highest BCUT2D eigenvalue weighted by atomic mass is 32.2. The number of aliphatic hydroxyl groups is 1. The predicted molar refractivity (Wildman–Crippen MR) is 94.3 cm³/mol. The molecule has 0 radical (unpaired) electrons. The van der Waals surface area contributed by atoms with Crippen LogP contribution in [0.25, 0.3) is 0 Å². The molecule has 0 saturated heterocycles. The zero-order chi connectivity index (χ0) is 23.6. The van der Waals surface area contributed by atoms with Gasteiger partial charge in [0.05, 0.1) is 6.54 Å². The van der Waals surface area contributed by atoms with Crippen LogP contribution in [-0.2, 0) is 10.0 Å². The van der Waals surface area contributed by atoms with Gasteiger partial charge in [-0.3, -0.25) is 4.79 Å². The van der Waals surface area contributed by atoms with E-state index in [-0.39, 0.29) is 5.56 Å². The number of nitrogens with one attached hydrogen (secondary N) is 1. The summed E-state index contributed by atoms with van der Waals surface area (Å²) in [6.45, 7) is -1.39. The van der Waals surface area contributed by atoms with Crippen molar-refractivity contribution in [1.82, 2.24) is 10.3 Å². The Morgan fingerprint density at radius 1 is 1.06 bits per heavy atom. The summed E-state index contributed by atoms with van der Waals surface area (Å²) in [7, 11) is -5.00. The summed E-state index contributed by atoms with van der Waals surface area (Å²) in [6.07, 6.45) is -12.4. The van der Waals surface area contributed by atoms with Crippen LogP contribution in [0.2, 0.25) is 0 Å². The molecule has 0 aliphatic rings. The molecule has 0 fully saturated rings. The molecule has 0 saturated carbocycles. The summed E-state index contributed by atoms with van der Waals surface area (Å²) < 4.78 is 103. The molecule has 4 N–H and O–H groups in total. The van der Waals surface area contributed by atoms with E-state index in [1.165, 1.54) is 18.2 Å². The van der Waals surface area contributed by atoms with Crippen LogP contribution in [0, 0.1) is 0 Å². The standard InChI is InChI=1S/C17H15F6N3O4S/c18-16(19,20)11(27)8-26-15(28)13-14(31(24,29)30)10(6-7-25-13)12(17(21,22)23)9-4-2-1-3-5-9/h1-7,11-12,27H,8H2,(H,26,28)(H2,24,29,30). The normalized spacial score (nSPS) is 14.7. The van der Waals surface area contributed by atoms with Gasteiger partial charge in [0.25, 0.3) is 5.91 Å². The number of nitrogens with zero attached hydrogens (tertiary/aromatic N) is 1. The summed E-state index contributed by atoms with van der Waals surface area (Å²) in [6, 6.07) is 6.83. The molecule has 1 amide bonds. The lowest BCUT2D eigenvalue weighted by Crippen LogP contribution is -2.41. The minimum Gasteiger partial charge on any atom is -0.382 e. The second-order valence-electron chi connectivity index (χ2n) is 6.28. The van der Waals surface area contributed by atoms with Crippen molar-refractivity contribution >= 4 is 15.9 Å². The largest absolute Gasteiger partial charge is 0.416 e. The number of rotatable bonds is 6. The maximum atomic E-state index is 13.9. The van der Waals surface area contributed by atoms with Crippen LogP contribution in [0.3, 0.4) is 0 Å². The van der Waals surface area contributed by atoms with E-state index in [1.807, 2.05) is 0 Å². The van der Waals surface area contributed by atoms with E-state index in [4.69, 9.17) is 10.2 Å². The van der Waals surface area contributed by atoms with Crippen LogP contribution in [-0.4, -0.2) is 49.4 Å². The molecule has 31 heavy (non-hydrogen) atoms.